The molecule has 21 heavy (non-hydrogen) atoms. The van der Waals surface area contributed by atoms with Gasteiger partial charge in [-0.2, -0.15) is 5.26 Å². The van der Waals surface area contributed by atoms with Crippen molar-refractivity contribution in [1.29, 1.82) is 5.26 Å². The van der Waals surface area contributed by atoms with Crippen LogP contribution in [0.2, 0.25) is 0 Å². The molecule has 0 aliphatic rings. The quantitative estimate of drug-likeness (QED) is 0.835. The van der Waals surface area contributed by atoms with Gasteiger partial charge in [0.05, 0.1) is 26.2 Å². The molecule has 0 amide bonds. The van der Waals surface area contributed by atoms with E-state index in [1.165, 1.54) is 0 Å². The number of nitrogens with zero attached hydrogens (tertiary/aromatic N) is 1. The van der Waals surface area contributed by atoms with Gasteiger partial charge in [0.15, 0.2) is 0 Å². The van der Waals surface area contributed by atoms with Crippen LogP contribution < -0.4 is 9.47 Å². The van der Waals surface area contributed by atoms with Crippen LogP contribution in [0.3, 0.4) is 0 Å². The fourth-order valence-electron chi connectivity index (χ4n) is 2.39. The summed E-state index contributed by atoms with van der Waals surface area (Å²) in [6.07, 6.45) is 0.632. The Morgan fingerprint density at radius 1 is 1.10 bits per heavy atom. The molecule has 0 aliphatic carbocycles. The first kappa shape index (κ1) is 14.9. The fraction of sp³-hybridized carbons (Fsp3) is 0.278. The molecule has 2 rings (SSSR count). The lowest BCUT2D eigenvalue weighted by molar-refractivity contribution is 0.407. The van der Waals surface area contributed by atoms with Gasteiger partial charge >= 0.3 is 0 Å². The monoisotopic (exact) mass is 281 g/mol. The van der Waals surface area contributed by atoms with E-state index in [4.69, 9.17) is 9.47 Å². The molecular formula is C18H19NO2. The Morgan fingerprint density at radius 3 is 2.57 bits per heavy atom. The summed E-state index contributed by atoms with van der Waals surface area (Å²) in [5, 5.41) is 9.54. The van der Waals surface area contributed by atoms with E-state index in [2.05, 4.69) is 6.07 Å². The Morgan fingerprint density at radius 2 is 1.90 bits per heavy atom. The smallest absolute Gasteiger partial charge is 0.123 e. The molecule has 3 heteroatoms. The van der Waals surface area contributed by atoms with Crippen LogP contribution in [0.4, 0.5) is 0 Å². The van der Waals surface area contributed by atoms with Gasteiger partial charge in [0.2, 0.25) is 0 Å². The highest BCUT2D eigenvalue weighted by molar-refractivity contribution is 5.43. The summed E-state index contributed by atoms with van der Waals surface area (Å²) < 4.78 is 10.6. The lowest BCUT2D eigenvalue weighted by Gasteiger charge is -2.15. The number of aryl methyl sites for hydroxylation is 1. The zero-order chi connectivity index (χ0) is 15.2. The second-order valence-corrected chi connectivity index (χ2v) is 4.98. The highest BCUT2D eigenvalue weighted by atomic mass is 16.5. The molecule has 108 valence electrons. The first-order valence-corrected chi connectivity index (χ1v) is 6.85. The average molecular weight is 281 g/mol. The van der Waals surface area contributed by atoms with Crippen LogP contribution in [0.5, 0.6) is 11.5 Å². The molecule has 2 aromatic carbocycles. The first-order valence-electron chi connectivity index (χ1n) is 6.85. The Bertz CT molecular complexity index is 659. The Hall–Kier alpha value is -2.47. The van der Waals surface area contributed by atoms with Crippen LogP contribution in [-0.4, -0.2) is 14.2 Å². The highest BCUT2D eigenvalue weighted by Gasteiger charge is 2.17. The molecule has 0 aliphatic heterocycles. The predicted octanol–water partition coefficient (Wildman–Crippen LogP) is 3.86. The zero-order valence-corrected chi connectivity index (χ0v) is 12.6. The molecule has 0 saturated carbocycles. The molecule has 0 fully saturated rings. The second kappa shape index (κ2) is 6.81. The molecule has 0 saturated heterocycles. The second-order valence-electron chi connectivity index (χ2n) is 4.98. The van der Waals surface area contributed by atoms with Gasteiger partial charge in [0, 0.05) is 5.56 Å². The number of nitriles is 1. The van der Waals surface area contributed by atoms with Gasteiger partial charge in [-0.25, -0.2) is 0 Å². The van der Waals surface area contributed by atoms with E-state index in [0.717, 1.165) is 28.2 Å². The minimum Gasteiger partial charge on any atom is -0.497 e. The van der Waals surface area contributed by atoms with Crippen molar-refractivity contribution in [2.75, 3.05) is 14.2 Å². The molecule has 2 aromatic rings. The summed E-state index contributed by atoms with van der Waals surface area (Å²) >= 11 is 0. The lowest BCUT2D eigenvalue weighted by atomic mass is 9.91. The van der Waals surface area contributed by atoms with Crippen molar-refractivity contribution in [3.63, 3.8) is 0 Å². The van der Waals surface area contributed by atoms with Gasteiger partial charge in [-0.3, -0.25) is 0 Å². The van der Waals surface area contributed by atoms with Gasteiger partial charge < -0.3 is 9.47 Å². The SMILES string of the molecule is COc1cccc(CC(C#N)c2cc(C)ccc2OC)c1. The maximum atomic E-state index is 9.54. The molecule has 1 atom stereocenters. The van der Waals surface area contributed by atoms with Crippen molar-refractivity contribution in [3.05, 3.63) is 59.2 Å². The van der Waals surface area contributed by atoms with Gasteiger partial charge in [0.1, 0.15) is 11.5 Å². The van der Waals surface area contributed by atoms with Crippen molar-refractivity contribution in [1.82, 2.24) is 0 Å². The van der Waals surface area contributed by atoms with E-state index in [1.54, 1.807) is 14.2 Å². The van der Waals surface area contributed by atoms with Crippen molar-refractivity contribution in [2.45, 2.75) is 19.3 Å². The highest BCUT2D eigenvalue weighted by Crippen LogP contribution is 2.30. The van der Waals surface area contributed by atoms with E-state index >= 15 is 0 Å². The molecule has 0 bridgehead atoms. The minimum atomic E-state index is -0.244. The Kier molecular flexibility index (Phi) is 4.84. The molecule has 3 nitrogen and oxygen atoms in total. The van der Waals surface area contributed by atoms with Gasteiger partial charge in [-0.05, 0) is 37.1 Å². The summed E-state index contributed by atoms with van der Waals surface area (Å²) in [6.45, 7) is 2.02. The number of hydrogen-bond donors (Lipinski definition) is 0. The number of hydrogen-bond acceptors (Lipinski definition) is 3. The van der Waals surface area contributed by atoms with E-state index < -0.39 is 0 Å². The average Bonchev–Trinajstić information content (AvgIpc) is 2.52. The fourth-order valence-corrected chi connectivity index (χ4v) is 2.39. The molecular weight excluding hydrogens is 262 g/mol. The third kappa shape index (κ3) is 3.55. The molecule has 0 spiro atoms. The van der Waals surface area contributed by atoms with Crippen LogP contribution in [-0.2, 0) is 6.42 Å². The maximum absolute atomic E-state index is 9.54. The number of methoxy groups -OCH3 is 2. The van der Waals surface area contributed by atoms with E-state index in [9.17, 15) is 5.26 Å². The van der Waals surface area contributed by atoms with Crippen LogP contribution in [0.25, 0.3) is 0 Å². The molecule has 0 heterocycles. The molecule has 0 radical (unpaired) electrons. The number of rotatable bonds is 5. The topological polar surface area (TPSA) is 42.2 Å². The Labute approximate surface area is 125 Å². The minimum absolute atomic E-state index is 0.244. The maximum Gasteiger partial charge on any atom is 0.123 e. The van der Waals surface area contributed by atoms with Crippen molar-refractivity contribution < 1.29 is 9.47 Å². The zero-order valence-electron chi connectivity index (χ0n) is 12.6. The van der Waals surface area contributed by atoms with Crippen molar-refractivity contribution in [2.24, 2.45) is 0 Å². The van der Waals surface area contributed by atoms with Gasteiger partial charge in [-0.15, -0.1) is 0 Å². The molecule has 1 unspecified atom stereocenters. The summed E-state index contributed by atoms with van der Waals surface area (Å²) in [5.41, 5.74) is 3.13. The summed E-state index contributed by atoms with van der Waals surface area (Å²) in [4.78, 5) is 0. The predicted molar refractivity (Wildman–Crippen MR) is 82.8 cm³/mol. The van der Waals surface area contributed by atoms with Gasteiger partial charge in [-0.1, -0.05) is 29.8 Å². The molecule has 0 aromatic heterocycles. The van der Waals surface area contributed by atoms with E-state index in [1.807, 2.05) is 49.4 Å². The van der Waals surface area contributed by atoms with Crippen LogP contribution >= 0.6 is 0 Å². The van der Waals surface area contributed by atoms with Crippen LogP contribution in [0.15, 0.2) is 42.5 Å². The van der Waals surface area contributed by atoms with Gasteiger partial charge in [0.25, 0.3) is 0 Å². The lowest BCUT2D eigenvalue weighted by Crippen LogP contribution is -2.04. The Balaban J connectivity index is 2.32. The summed E-state index contributed by atoms with van der Waals surface area (Å²) in [6, 6.07) is 16.1. The summed E-state index contributed by atoms with van der Waals surface area (Å²) in [5.74, 6) is 1.32. The van der Waals surface area contributed by atoms with Crippen molar-refractivity contribution >= 4 is 0 Å². The first-order chi connectivity index (χ1) is 10.2. The standard InChI is InChI=1S/C18H19NO2/c1-13-7-8-18(21-3)17(9-13)15(12-19)10-14-5-4-6-16(11-14)20-2/h4-9,11,15H,10H2,1-3H3. The van der Waals surface area contributed by atoms with E-state index in [-0.39, 0.29) is 5.92 Å². The third-order valence-electron chi connectivity index (χ3n) is 3.49. The van der Waals surface area contributed by atoms with E-state index in [0.29, 0.717) is 6.42 Å². The van der Waals surface area contributed by atoms with Crippen molar-refractivity contribution in [3.8, 4) is 17.6 Å². The normalized spacial score (nSPS) is 11.5. The summed E-state index contributed by atoms with van der Waals surface area (Å²) in [7, 11) is 3.28. The van der Waals surface area contributed by atoms with Crippen LogP contribution in [0.1, 0.15) is 22.6 Å². The number of benzene rings is 2. The molecule has 0 N–H and O–H groups in total. The van der Waals surface area contributed by atoms with Crippen LogP contribution in [0, 0.1) is 18.3 Å². The number of ether oxygens (including phenoxy) is 2. The third-order valence-corrected chi connectivity index (χ3v) is 3.49. The largest absolute Gasteiger partial charge is 0.497 e.